The Bertz CT molecular complexity index is 910. The molecule has 6 nitrogen and oxygen atoms in total. The van der Waals surface area contributed by atoms with E-state index in [2.05, 4.69) is 45.1 Å². The lowest BCUT2D eigenvalue weighted by Gasteiger charge is -2.29. The van der Waals surface area contributed by atoms with Crippen LogP contribution in [0, 0.1) is 0 Å². The smallest absolute Gasteiger partial charge is 0.254 e. The van der Waals surface area contributed by atoms with Crippen LogP contribution in [0.2, 0.25) is 0 Å². The minimum Gasteiger partial charge on any atom is -0.334 e. The van der Waals surface area contributed by atoms with Gasteiger partial charge in [-0.2, -0.15) is 5.21 Å². The number of carbonyl (C=O) groups excluding carboxylic acids is 1. The van der Waals surface area contributed by atoms with Crippen LogP contribution in [0.1, 0.15) is 21.5 Å². The number of hydrogen-bond acceptors (Lipinski definition) is 5. The number of carbonyl (C=O) groups is 1. The molecule has 3 aromatic rings. The number of aromatic amines is 1. The number of H-pyrrole nitrogens is 1. The highest BCUT2D eigenvalue weighted by Crippen LogP contribution is 2.27. The first-order chi connectivity index (χ1) is 12.3. The van der Waals surface area contributed by atoms with E-state index in [4.69, 9.17) is 0 Å². The van der Waals surface area contributed by atoms with Gasteiger partial charge in [-0.15, -0.1) is 22.0 Å². The third kappa shape index (κ3) is 3.02. The van der Waals surface area contributed by atoms with Crippen LogP contribution in [0.15, 0.2) is 47.4 Å². The van der Waals surface area contributed by atoms with Crippen molar-refractivity contribution in [2.24, 2.45) is 0 Å². The second-order valence-electron chi connectivity index (χ2n) is 5.89. The molecule has 0 radical (unpaired) electrons. The second-order valence-corrected chi connectivity index (χ2v) is 6.77. The number of tetrazole rings is 1. The van der Waals surface area contributed by atoms with Crippen molar-refractivity contribution in [2.45, 2.75) is 17.9 Å². The molecule has 0 saturated carbocycles. The fraction of sp³-hybridized carbons (Fsp3) is 0.222. The second kappa shape index (κ2) is 6.68. The summed E-state index contributed by atoms with van der Waals surface area (Å²) in [6.45, 7) is 1.34. The molecule has 2 aromatic carbocycles. The molecular formula is C18H17N5OS. The van der Waals surface area contributed by atoms with E-state index in [0.717, 1.165) is 6.42 Å². The molecule has 0 aliphatic carbocycles. The predicted molar refractivity (Wildman–Crippen MR) is 96.3 cm³/mol. The Labute approximate surface area is 149 Å². The Morgan fingerprint density at radius 1 is 1.20 bits per heavy atom. The lowest BCUT2D eigenvalue weighted by Crippen LogP contribution is -2.36. The van der Waals surface area contributed by atoms with Crippen LogP contribution in [0.4, 0.5) is 0 Å². The molecular weight excluding hydrogens is 334 g/mol. The van der Waals surface area contributed by atoms with Gasteiger partial charge in [-0.25, -0.2) is 0 Å². The molecule has 126 valence electrons. The summed E-state index contributed by atoms with van der Waals surface area (Å²) in [5.41, 5.74) is 3.86. The zero-order valence-electron chi connectivity index (χ0n) is 13.8. The van der Waals surface area contributed by atoms with E-state index in [1.165, 1.54) is 16.0 Å². The fourth-order valence-electron chi connectivity index (χ4n) is 3.14. The Balaban J connectivity index is 1.62. The van der Waals surface area contributed by atoms with Crippen LogP contribution >= 0.6 is 11.8 Å². The summed E-state index contributed by atoms with van der Waals surface area (Å²) in [6.07, 6.45) is 2.95. The summed E-state index contributed by atoms with van der Waals surface area (Å²) in [5.74, 6) is 0.436. The monoisotopic (exact) mass is 351 g/mol. The third-order valence-electron chi connectivity index (χ3n) is 4.46. The van der Waals surface area contributed by atoms with Gasteiger partial charge >= 0.3 is 0 Å². The molecule has 1 aromatic heterocycles. The van der Waals surface area contributed by atoms with Crippen molar-refractivity contribution in [2.75, 3.05) is 12.8 Å². The fourth-order valence-corrected chi connectivity index (χ4v) is 3.60. The molecule has 7 heteroatoms. The van der Waals surface area contributed by atoms with Crippen LogP contribution in [0.25, 0.3) is 11.4 Å². The average molecular weight is 351 g/mol. The minimum absolute atomic E-state index is 0.00000643. The summed E-state index contributed by atoms with van der Waals surface area (Å²) in [5, 5.41) is 14.1. The van der Waals surface area contributed by atoms with Crippen LogP contribution < -0.4 is 0 Å². The highest BCUT2D eigenvalue weighted by molar-refractivity contribution is 7.98. The van der Waals surface area contributed by atoms with Crippen molar-refractivity contribution < 1.29 is 4.79 Å². The lowest BCUT2D eigenvalue weighted by molar-refractivity contribution is 0.0735. The highest BCUT2D eigenvalue weighted by atomic mass is 32.2. The molecule has 2 heterocycles. The van der Waals surface area contributed by atoms with E-state index in [0.29, 0.717) is 30.0 Å². The summed E-state index contributed by atoms with van der Waals surface area (Å²) < 4.78 is 0. The van der Waals surface area contributed by atoms with Gasteiger partial charge in [0.05, 0.1) is 5.56 Å². The quantitative estimate of drug-likeness (QED) is 0.735. The predicted octanol–water partition coefficient (Wildman–Crippen LogP) is 2.79. The van der Waals surface area contributed by atoms with Gasteiger partial charge in [-0.1, -0.05) is 24.3 Å². The Morgan fingerprint density at radius 2 is 2.08 bits per heavy atom. The Morgan fingerprint density at radius 3 is 2.88 bits per heavy atom. The number of hydrogen-bond donors (Lipinski definition) is 1. The van der Waals surface area contributed by atoms with Crippen molar-refractivity contribution >= 4 is 17.7 Å². The van der Waals surface area contributed by atoms with Crippen molar-refractivity contribution in [3.05, 3.63) is 59.2 Å². The van der Waals surface area contributed by atoms with Gasteiger partial charge in [0.2, 0.25) is 5.82 Å². The SMILES string of the molecule is CSc1ccc2c(c1)CCN(C(=O)c1ccccc1-c1nn[nH]n1)C2. The number of fused-ring (bicyclic) bond motifs is 1. The van der Waals surface area contributed by atoms with Gasteiger partial charge in [-0.05, 0) is 47.2 Å². The van der Waals surface area contributed by atoms with Gasteiger partial charge < -0.3 is 4.90 Å². The number of thioether (sulfide) groups is 1. The number of nitrogens with one attached hydrogen (secondary N) is 1. The van der Waals surface area contributed by atoms with Gasteiger partial charge in [0, 0.05) is 23.5 Å². The topological polar surface area (TPSA) is 74.8 Å². The number of amides is 1. The summed E-state index contributed by atoms with van der Waals surface area (Å²) >= 11 is 1.74. The number of aromatic nitrogens is 4. The standard InChI is InChI=1S/C18H17N5OS/c1-25-14-7-6-13-11-23(9-8-12(13)10-14)18(24)16-5-3-2-4-15(16)17-19-21-22-20-17/h2-7,10H,8-9,11H2,1H3,(H,19,20,21,22). The molecule has 1 amide bonds. The van der Waals surface area contributed by atoms with Crippen molar-refractivity contribution in [1.82, 2.24) is 25.5 Å². The van der Waals surface area contributed by atoms with Gasteiger partial charge in [0.1, 0.15) is 0 Å². The number of rotatable bonds is 3. The molecule has 1 aliphatic heterocycles. The van der Waals surface area contributed by atoms with Crippen LogP contribution in [-0.2, 0) is 13.0 Å². The van der Waals surface area contributed by atoms with E-state index in [9.17, 15) is 4.79 Å². The minimum atomic E-state index is -0.00000643. The van der Waals surface area contributed by atoms with Crippen molar-refractivity contribution in [3.63, 3.8) is 0 Å². The third-order valence-corrected chi connectivity index (χ3v) is 5.18. The molecule has 0 unspecified atom stereocenters. The summed E-state index contributed by atoms with van der Waals surface area (Å²) in [4.78, 5) is 16.2. The molecule has 0 bridgehead atoms. The van der Waals surface area contributed by atoms with Crippen molar-refractivity contribution in [1.29, 1.82) is 0 Å². The van der Waals surface area contributed by atoms with Gasteiger partial charge in [-0.3, -0.25) is 4.79 Å². The zero-order valence-corrected chi connectivity index (χ0v) is 14.6. The van der Waals surface area contributed by atoms with E-state index in [1.54, 1.807) is 11.8 Å². The van der Waals surface area contributed by atoms with Crippen LogP contribution in [0.3, 0.4) is 0 Å². The van der Waals surface area contributed by atoms with Gasteiger partial charge in [0.25, 0.3) is 5.91 Å². The van der Waals surface area contributed by atoms with Crippen molar-refractivity contribution in [3.8, 4) is 11.4 Å². The molecule has 25 heavy (non-hydrogen) atoms. The van der Waals surface area contributed by atoms with E-state index < -0.39 is 0 Å². The largest absolute Gasteiger partial charge is 0.334 e. The normalized spacial score (nSPS) is 13.6. The Kier molecular flexibility index (Phi) is 4.23. The van der Waals surface area contributed by atoms with E-state index >= 15 is 0 Å². The highest BCUT2D eigenvalue weighted by Gasteiger charge is 2.24. The zero-order chi connectivity index (χ0) is 17.2. The first-order valence-corrected chi connectivity index (χ1v) is 9.26. The molecule has 0 atom stereocenters. The molecule has 0 fully saturated rings. The first kappa shape index (κ1) is 15.8. The maximum Gasteiger partial charge on any atom is 0.254 e. The van der Waals surface area contributed by atoms with Gasteiger partial charge in [0.15, 0.2) is 0 Å². The summed E-state index contributed by atoms with van der Waals surface area (Å²) in [7, 11) is 0. The summed E-state index contributed by atoms with van der Waals surface area (Å²) in [6, 6.07) is 13.9. The number of benzene rings is 2. The van der Waals surface area contributed by atoms with Crippen LogP contribution in [0.5, 0.6) is 0 Å². The molecule has 0 saturated heterocycles. The molecule has 1 aliphatic rings. The number of nitrogens with zero attached hydrogens (tertiary/aromatic N) is 4. The average Bonchev–Trinajstić information content (AvgIpc) is 3.21. The maximum absolute atomic E-state index is 13.1. The Hall–Kier alpha value is -2.67. The van der Waals surface area contributed by atoms with E-state index in [1.807, 2.05) is 29.2 Å². The maximum atomic E-state index is 13.1. The molecule has 4 rings (SSSR count). The van der Waals surface area contributed by atoms with Crippen LogP contribution in [-0.4, -0.2) is 44.2 Å². The van der Waals surface area contributed by atoms with E-state index in [-0.39, 0.29) is 5.91 Å². The lowest BCUT2D eigenvalue weighted by atomic mass is 9.98. The molecule has 1 N–H and O–H groups in total. The first-order valence-electron chi connectivity index (χ1n) is 8.04. The molecule has 0 spiro atoms.